The summed E-state index contributed by atoms with van der Waals surface area (Å²) >= 11 is 3.38. The van der Waals surface area contributed by atoms with Crippen LogP contribution in [0.15, 0.2) is 97.5 Å². The summed E-state index contributed by atoms with van der Waals surface area (Å²) in [5.41, 5.74) is 4.93. The maximum absolute atomic E-state index is 13.2. The van der Waals surface area contributed by atoms with Crippen LogP contribution in [-0.2, 0) is 9.84 Å². The lowest BCUT2D eigenvalue weighted by molar-refractivity contribution is 0.598. The van der Waals surface area contributed by atoms with E-state index in [1.807, 2.05) is 66.7 Å². The van der Waals surface area contributed by atoms with Gasteiger partial charge in [-0.25, -0.2) is 8.42 Å². The van der Waals surface area contributed by atoms with E-state index in [9.17, 15) is 8.42 Å². The Labute approximate surface area is 175 Å². The lowest BCUT2D eigenvalue weighted by atomic mass is 9.97. The first-order chi connectivity index (χ1) is 14.0. The number of para-hydroxylation sites is 1. The molecule has 0 saturated heterocycles. The van der Waals surface area contributed by atoms with Gasteiger partial charge in [-0.2, -0.15) is 0 Å². The van der Waals surface area contributed by atoms with E-state index in [2.05, 4.69) is 15.9 Å². The van der Waals surface area contributed by atoms with E-state index in [-0.39, 0.29) is 0 Å². The van der Waals surface area contributed by atoms with Crippen molar-refractivity contribution in [2.75, 3.05) is 0 Å². The van der Waals surface area contributed by atoms with Gasteiger partial charge in [-0.15, -0.1) is 0 Å². The monoisotopic (exact) mass is 460 g/mol. The average molecular weight is 461 g/mol. The molecule has 0 atom stereocenters. The second-order valence-electron chi connectivity index (χ2n) is 7.13. The third-order valence-electron chi connectivity index (χ3n) is 5.51. The zero-order chi connectivity index (χ0) is 19.8. The van der Waals surface area contributed by atoms with Crippen LogP contribution in [0.1, 0.15) is 0 Å². The fourth-order valence-corrected chi connectivity index (χ4v) is 6.46. The Balaban J connectivity index is 1.64. The Morgan fingerprint density at radius 3 is 2.28 bits per heavy atom. The summed E-state index contributed by atoms with van der Waals surface area (Å²) in [4.78, 5) is 0.707. The number of halogens is 1. The molecular formula is C24H13BrO3S. The number of fused-ring (bicyclic) bond motifs is 6. The normalized spacial score (nSPS) is 14.2. The Morgan fingerprint density at radius 1 is 0.690 bits per heavy atom. The molecule has 3 nitrogen and oxygen atoms in total. The van der Waals surface area contributed by atoms with Crippen LogP contribution >= 0.6 is 15.9 Å². The molecule has 2 heterocycles. The van der Waals surface area contributed by atoms with E-state index < -0.39 is 9.84 Å². The number of sulfone groups is 1. The van der Waals surface area contributed by atoms with Gasteiger partial charge in [0.05, 0.1) is 9.79 Å². The van der Waals surface area contributed by atoms with Gasteiger partial charge in [0.15, 0.2) is 0 Å². The molecule has 1 aromatic heterocycles. The zero-order valence-corrected chi connectivity index (χ0v) is 17.4. The van der Waals surface area contributed by atoms with Gasteiger partial charge in [-0.3, -0.25) is 0 Å². The Kier molecular flexibility index (Phi) is 3.41. The summed E-state index contributed by atoms with van der Waals surface area (Å²) in [6.45, 7) is 0. The molecule has 6 rings (SSSR count). The second-order valence-corrected chi connectivity index (χ2v) is 9.93. The maximum Gasteiger partial charge on any atom is 0.207 e. The largest absolute Gasteiger partial charge is 0.456 e. The van der Waals surface area contributed by atoms with E-state index in [0.717, 1.165) is 48.7 Å². The highest BCUT2D eigenvalue weighted by molar-refractivity contribution is 9.10. The summed E-state index contributed by atoms with van der Waals surface area (Å²) in [5.74, 6) is 0. The van der Waals surface area contributed by atoms with Crippen molar-refractivity contribution >= 4 is 47.7 Å². The molecule has 0 fully saturated rings. The molecule has 140 valence electrons. The quantitative estimate of drug-likeness (QED) is 0.270. The van der Waals surface area contributed by atoms with Gasteiger partial charge >= 0.3 is 0 Å². The van der Waals surface area contributed by atoms with E-state index in [4.69, 9.17) is 4.42 Å². The van der Waals surface area contributed by atoms with Crippen LogP contribution in [0, 0.1) is 0 Å². The molecule has 0 bridgehead atoms. The van der Waals surface area contributed by atoms with Crippen LogP contribution < -0.4 is 0 Å². The van der Waals surface area contributed by atoms with E-state index in [1.54, 1.807) is 12.1 Å². The molecule has 5 heteroatoms. The Bertz CT molecular complexity index is 1580. The van der Waals surface area contributed by atoms with Gasteiger partial charge in [0.1, 0.15) is 11.2 Å². The molecule has 0 N–H and O–H groups in total. The molecule has 1 aliphatic rings. The fourth-order valence-electron chi connectivity index (χ4n) is 4.21. The highest BCUT2D eigenvalue weighted by atomic mass is 79.9. The Morgan fingerprint density at radius 2 is 1.41 bits per heavy atom. The topological polar surface area (TPSA) is 47.3 Å². The number of hydrogen-bond acceptors (Lipinski definition) is 3. The molecule has 0 unspecified atom stereocenters. The third-order valence-corrected chi connectivity index (χ3v) is 7.83. The van der Waals surface area contributed by atoms with Crippen LogP contribution in [0.2, 0.25) is 0 Å². The predicted octanol–water partition coefficient (Wildman–Crippen LogP) is 6.83. The van der Waals surface area contributed by atoms with Crippen molar-refractivity contribution in [1.29, 1.82) is 0 Å². The highest BCUT2D eigenvalue weighted by Crippen LogP contribution is 2.46. The summed E-state index contributed by atoms with van der Waals surface area (Å²) in [6, 6.07) is 24.9. The standard InChI is InChI=1S/C24H13BrO3S/c25-15-9-11-18-17-10-8-14(12-22(17)29(26,27)23(18)13-15)16-5-3-7-21-24(16)19-4-1-2-6-20(19)28-21/h1-13H. The predicted molar refractivity (Wildman–Crippen MR) is 118 cm³/mol. The van der Waals surface area contributed by atoms with Crippen molar-refractivity contribution in [1.82, 2.24) is 0 Å². The molecule has 1 aliphatic heterocycles. The molecule has 0 amide bonds. The van der Waals surface area contributed by atoms with Crippen molar-refractivity contribution < 1.29 is 12.8 Å². The number of rotatable bonds is 1. The van der Waals surface area contributed by atoms with Crippen LogP contribution in [0.25, 0.3) is 44.2 Å². The van der Waals surface area contributed by atoms with Crippen molar-refractivity contribution in [2.45, 2.75) is 9.79 Å². The summed E-state index contributed by atoms with van der Waals surface area (Å²) in [7, 11) is -3.55. The SMILES string of the molecule is O=S1(=O)c2cc(Br)ccc2-c2ccc(-c3cccc4oc5ccccc5c34)cc21. The van der Waals surface area contributed by atoms with Crippen molar-refractivity contribution in [3.05, 3.63) is 83.3 Å². The van der Waals surface area contributed by atoms with Gasteiger partial charge < -0.3 is 4.42 Å². The number of furan rings is 1. The van der Waals surface area contributed by atoms with Gasteiger partial charge in [-0.05, 0) is 41.5 Å². The van der Waals surface area contributed by atoms with Crippen LogP contribution in [0.5, 0.6) is 0 Å². The third kappa shape index (κ3) is 2.32. The lowest BCUT2D eigenvalue weighted by Crippen LogP contribution is -1.97. The summed E-state index contributed by atoms with van der Waals surface area (Å²) in [5, 5.41) is 2.02. The zero-order valence-electron chi connectivity index (χ0n) is 15.0. The second kappa shape index (κ2) is 5.81. The summed E-state index contributed by atoms with van der Waals surface area (Å²) < 4.78 is 33.1. The van der Waals surface area contributed by atoms with Crippen molar-refractivity contribution in [3.8, 4) is 22.3 Å². The first-order valence-corrected chi connectivity index (χ1v) is 11.4. The minimum absolute atomic E-state index is 0.353. The van der Waals surface area contributed by atoms with Gasteiger partial charge in [0.2, 0.25) is 9.84 Å². The van der Waals surface area contributed by atoms with Gasteiger partial charge in [0.25, 0.3) is 0 Å². The van der Waals surface area contributed by atoms with Gasteiger partial charge in [-0.1, -0.05) is 64.5 Å². The minimum atomic E-state index is -3.55. The molecule has 4 aromatic carbocycles. The molecular weight excluding hydrogens is 448 g/mol. The average Bonchev–Trinajstić information content (AvgIpc) is 3.21. The van der Waals surface area contributed by atoms with Crippen LogP contribution in [0.4, 0.5) is 0 Å². The van der Waals surface area contributed by atoms with Crippen molar-refractivity contribution in [3.63, 3.8) is 0 Å². The molecule has 0 spiro atoms. The van der Waals surface area contributed by atoms with Crippen molar-refractivity contribution in [2.24, 2.45) is 0 Å². The smallest absolute Gasteiger partial charge is 0.207 e. The van der Waals surface area contributed by atoms with Crippen LogP contribution in [-0.4, -0.2) is 8.42 Å². The molecule has 5 aromatic rings. The first-order valence-electron chi connectivity index (χ1n) is 9.14. The number of benzene rings is 4. The Hall–Kier alpha value is -2.89. The molecule has 0 radical (unpaired) electrons. The minimum Gasteiger partial charge on any atom is -0.456 e. The highest BCUT2D eigenvalue weighted by Gasteiger charge is 2.33. The van der Waals surface area contributed by atoms with E-state index >= 15 is 0 Å². The summed E-state index contributed by atoms with van der Waals surface area (Å²) in [6.07, 6.45) is 0. The van der Waals surface area contributed by atoms with E-state index in [1.165, 1.54) is 0 Å². The number of hydrogen-bond donors (Lipinski definition) is 0. The fraction of sp³-hybridized carbons (Fsp3) is 0. The molecule has 0 aliphatic carbocycles. The van der Waals surface area contributed by atoms with Crippen LogP contribution in [0.3, 0.4) is 0 Å². The van der Waals surface area contributed by atoms with Gasteiger partial charge in [0, 0.05) is 26.4 Å². The first kappa shape index (κ1) is 17.0. The molecule has 0 saturated carbocycles. The maximum atomic E-state index is 13.2. The lowest BCUT2D eigenvalue weighted by Gasteiger charge is -2.07. The molecule has 29 heavy (non-hydrogen) atoms. The van der Waals surface area contributed by atoms with E-state index in [0.29, 0.717) is 9.79 Å².